The Morgan fingerprint density at radius 1 is 1.29 bits per heavy atom. The summed E-state index contributed by atoms with van der Waals surface area (Å²) >= 11 is 6.04. The van der Waals surface area contributed by atoms with Crippen LogP contribution in [0.4, 0.5) is 4.79 Å². The van der Waals surface area contributed by atoms with Crippen molar-refractivity contribution >= 4 is 23.6 Å². The molecule has 2 atom stereocenters. The van der Waals surface area contributed by atoms with Gasteiger partial charge in [-0.15, -0.1) is 0 Å². The van der Waals surface area contributed by atoms with Crippen molar-refractivity contribution in [1.29, 1.82) is 0 Å². The van der Waals surface area contributed by atoms with E-state index in [1.165, 1.54) is 0 Å². The van der Waals surface area contributed by atoms with Gasteiger partial charge in [0.05, 0.1) is 10.6 Å². The second-order valence-electron chi connectivity index (χ2n) is 8.30. The SMILES string of the molecule is C[C@@H](C[C@H]1CCCN1C(=O)OC(C)(C)C)NCCNC(=O)c1ccccc1Cl. The zero-order valence-corrected chi connectivity index (χ0v) is 18.0. The Hall–Kier alpha value is -1.79. The summed E-state index contributed by atoms with van der Waals surface area (Å²) in [6.07, 6.45) is 2.63. The molecule has 1 aromatic rings. The van der Waals surface area contributed by atoms with E-state index in [-0.39, 0.29) is 24.1 Å². The van der Waals surface area contributed by atoms with Gasteiger partial charge in [-0.2, -0.15) is 0 Å². The van der Waals surface area contributed by atoms with Gasteiger partial charge in [-0.3, -0.25) is 4.79 Å². The molecule has 1 aliphatic heterocycles. The van der Waals surface area contributed by atoms with Crippen molar-refractivity contribution in [3.05, 3.63) is 34.9 Å². The van der Waals surface area contributed by atoms with Crippen LogP contribution in [0, 0.1) is 0 Å². The fourth-order valence-corrected chi connectivity index (χ4v) is 3.59. The summed E-state index contributed by atoms with van der Waals surface area (Å²) in [7, 11) is 0. The van der Waals surface area contributed by atoms with E-state index in [9.17, 15) is 9.59 Å². The Bertz CT molecular complexity index is 675. The van der Waals surface area contributed by atoms with Gasteiger partial charge in [-0.05, 0) is 59.1 Å². The highest BCUT2D eigenvalue weighted by atomic mass is 35.5. The number of halogens is 1. The molecule has 0 radical (unpaired) electrons. The molecular weight excluding hydrogens is 378 g/mol. The van der Waals surface area contributed by atoms with E-state index in [0.29, 0.717) is 23.7 Å². The third-order valence-electron chi connectivity index (χ3n) is 4.65. The number of nitrogens with zero attached hydrogens (tertiary/aromatic N) is 1. The molecule has 7 heteroatoms. The van der Waals surface area contributed by atoms with Gasteiger partial charge in [0.2, 0.25) is 0 Å². The topological polar surface area (TPSA) is 70.7 Å². The van der Waals surface area contributed by atoms with Crippen molar-refractivity contribution in [3.63, 3.8) is 0 Å². The maximum atomic E-state index is 12.4. The molecule has 1 heterocycles. The van der Waals surface area contributed by atoms with E-state index in [4.69, 9.17) is 16.3 Å². The Morgan fingerprint density at radius 3 is 2.68 bits per heavy atom. The van der Waals surface area contributed by atoms with Gasteiger partial charge >= 0.3 is 6.09 Å². The van der Waals surface area contributed by atoms with Crippen LogP contribution >= 0.6 is 11.6 Å². The number of ether oxygens (including phenoxy) is 1. The van der Waals surface area contributed by atoms with Crippen LogP contribution in [0.1, 0.15) is 57.3 Å². The quantitative estimate of drug-likeness (QED) is 0.671. The highest BCUT2D eigenvalue weighted by Gasteiger charge is 2.32. The van der Waals surface area contributed by atoms with Crippen molar-refractivity contribution in [2.24, 2.45) is 0 Å². The molecule has 0 aromatic heterocycles. The molecule has 1 fully saturated rings. The minimum atomic E-state index is -0.478. The Balaban J connectivity index is 1.72. The van der Waals surface area contributed by atoms with Crippen LogP contribution in [-0.2, 0) is 4.74 Å². The van der Waals surface area contributed by atoms with E-state index >= 15 is 0 Å². The zero-order chi connectivity index (χ0) is 20.7. The normalized spacial score (nSPS) is 18.0. The first-order chi connectivity index (χ1) is 13.2. The van der Waals surface area contributed by atoms with Crippen molar-refractivity contribution < 1.29 is 14.3 Å². The first kappa shape index (κ1) is 22.5. The van der Waals surface area contributed by atoms with Crippen molar-refractivity contribution in [1.82, 2.24) is 15.5 Å². The molecule has 2 amide bonds. The molecule has 0 bridgehead atoms. The van der Waals surface area contributed by atoms with E-state index < -0.39 is 5.60 Å². The molecule has 2 rings (SSSR count). The van der Waals surface area contributed by atoms with Crippen molar-refractivity contribution in [2.45, 2.75) is 64.6 Å². The van der Waals surface area contributed by atoms with Crippen LogP contribution in [-0.4, -0.2) is 54.2 Å². The molecule has 0 aliphatic carbocycles. The molecule has 1 aromatic carbocycles. The summed E-state index contributed by atoms with van der Waals surface area (Å²) in [6.45, 7) is 9.66. The lowest BCUT2D eigenvalue weighted by Gasteiger charge is -2.30. The summed E-state index contributed by atoms with van der Waals surface area (Å²) in [5, 5.41) is 6.73. The van der Waals surface area contributed by atoms with E-state index in [0.717, 1.165) is 25.8 Å². The Labute approximate surface area is 172 Å². The van der Waals surface area contributed by atoms with Gasteiger partial charge in [0.1, 0.15) is 5.60 Å². The van der Waals surface area contributed by atoms with Gasteiger partial charge in [-0.25, -0.2) is 4.79 Å². The largest absolute Gasteiger partial charge is 0.444 e. The number of likely N-dealkylation sites (tertiary alicyclic amines) is 1. The maximum Gasteiger partial charge on any atom is 0.410 e. The predicted octanol–water partition coefficient (Wildman–Crippen LogP) is 3.84. The van der Waals surface area contributed by atoms with Gasteiger partial charge < -0.3 is 20.3 Å². The number of amides is 2. The minimum absolute atomic E-state index is 0.174. The van der Waals surface area contributed by atoms with E-state index in [2.05, 4.69) is 17.6 Å². The Morgan fingerprint density at radius 2 is 2.00 bits per heavy atom. The van der Waals surface area contributed by atoms with Crippen LogP contribution in [0.3, 0.4) is 0 Å². The second kappa shape index (κ2) is 10.1. The van der Waals surface area contributed by atoms with Gasteiger partial charge in [0.15, 0.2) is 0 Å². The highest BCUT2D eigenvalue weighted by molar-refractivity contribution is 6.33. The van der Waals surface area contributed by atoms with Crippen molar-refractivity contribution in [3.8, 4) is 0 Å². The molecule has 28 heavy (non-hydrogen) atoms. The molecule has 0 unspecified atom stereocenters. The van der Waals surface area contributed by atoms with Crippen LogP contribution in [0.25, 0.3) is 0 Å². The molecule has 6 nitrogen and oxygen atoms in total. The molecule has 1 aliphatic rings. The standard InChI is InChI=1S/C21H32ClN3O3/c1-15(14-16-8-7-13-25(16)20(27)28-21(2,3)4)23-11-12-24-19(26)17-9-5-6-10-18(17)22/h5-6,9-10,15-16,23H,7-8,11-14H2,1-4H3,(H,24,26)/t15-,16+/m0/s1. The van der Waals surface area contributed by atoms with E-state index in [1.54, 1.807) is 24.3 Å². The number of nitrogens with one attached hydrogen (secondary N) is 2. The van der Waals surface area contributed by atoms with Crippen molar-refractivity contribution in [2.75, 3.05) is 19.6 Å². The average molecular weight is 410 g/mol. The van der Waals surface area contributed by atoms with Gasteiger partial charge in [0, 0.05) is 31.7 Å². The number of rotatable bonds is 7. The third kappa shape index (κ3) is 6.99. The van der Waals surface area contributed by atoms with Crippen LogP contribution in [0.15, 0.2) is 24.3 Å². The lowest BCUT2D eigenvalue weighted by atomic mass is 10.1. The highest BCUT2D eigenvalue weighted by Crippen LogP contribution is 2.24. The third-order valence-corrected chi connectivity index (χ3v) is 4.98. The van der Waals surface area contributed by atoms with Crippen LogP contribution in [0.2, 0.25) is 5.02 Å². The smallest absolute Gasteiger partial charge is 0.410 e. The maximum absolute atomic E-state index is 12.4. The summed E-state index contributed by atoms with van der Waals surface area (Å²) in [4.78, 5) is 26.4. The first-order valence-corrected chi connectivity index (χ1v) is 10.3. The summed E-state index contributed by atoms with van der Waals surface area (Å²) in [6, 6.07) is 7.42. The number of hydrogen-bond donors (Lipinski definition) is 2. The molecular formula is C21H32ClN3O3. The molecule has 1 saturated heterocycles. The van der Waals surface area contributed by atoms with Crippen LogP contribution in [0.5, 0.6) is 0 Å². The molecule has 156 valence electrons. The lowest BCUT2D eigenvalue weighted by molar-refractivity contribution is 0.0214. The zero-order valence-electron chi connectivity index (χ0n) is 17.3. The summed E-state index contributed by atoms with van der Waals surface area (Å²) in [5.74, 6) is -0.174. The minimum Gasteiger partial charge on any atom is -0.444 e. The van der Waals surface area contributed by atoms with E-state index in [1.807, 2.05) is 25.7 Å². The fourth-order valence-electron chi connectivity index (χ4n) is 3.37. The van der Waals surface area contributed by atoms with Gasteiger partial charge in [-0.1, -0.05) is 23.7 Å². The number of benzene rings is 1. The lowest BCUT2D eigenvalue weighted by Crippen LogP contribution is -2.43. The average Bonchev–Trinajstić information content (AvgIpc) is 3.05. The number of carbonyl (C=O) groups is 2. The molecule has 0 saturated carbocycles. The first-order valence-electron chi connectivity index (χ1n) is 9.93. The summed E-state index contributed by atoms with van der Waals surface area (Å²) < 4.78 is 5.52. The molecule has 2 N–H and O–H groups in total. The Kier molecular flexibility index (Phi) is 8.13. The number of hydrogen-bond acceptors (Lipinski definition) is 4. The predicted molar refractivity (Wildman–Crippen MR) is 112 cm³/mol. The van der Waals surface area contributed by atoms with Gasteiger partial charge in [0.25, 0.3) is 5.91 Å². The summed E-state index contributed by atoms with van der Waals surface area (Å²) in [5.41, 5.74) is 0.00434. The number of carbonyl (C=O) groups excluding carboxylic acids is 2. The van der Waals surface area contributed by atoms with Crippen LogP contribution < -0.4 is 10.6 Å². The molecule has 0 spiro atoms. The monoisotopic (exact) mass is 409 g/mol. The fraction of sp³-hybridized carbons (Fsp3) is 0.619. The second-order valence-corrected chi connectivity index (χ2v) is 8.70.